The van der Waals surface area contributed by atoms with E-state index in [4.69, 9.17) is 22.1 Å². The number of aliphatic hydroxyl groups is 1. The van der Waals surface area contributed by atoms with Gasteiger partial charge < -0.3 is 15.6 Å². The number of ether oxygens (including phenoxy) is 1. The summed E-state index contributed by atoms with van der Waals surface area (Å²) >= 11 is 5.87. The summed E-state index contributed by atoms with van der Waals surface area (Å²) in [4.78, 5) is 13.9. The second kappa shape index (κ2) is 7.70. The monoisotopic (exact) mass is 328 g/mol. The lowest BCUT2D eigenvalue weighted by atomic mass is 9.90. The summed E-state index contributed by atoms with van der Waals surface area (Å²) in [5.74, 6) is 0.0677. The average Bonchev–Trinajstić information content (AvgIpc) is 2.43. The van der Waals surface area contributed by atoms with Crippen molar-refractivity contribution in [2.24, 2.45) is 5.73 Å². The van der Waals surface area contributed by atoms with Crippen molar-refractivity contribution in [3.8, 4) is 0 Å². The number of piperidine rings is 1. The van der Waals surface area contributed by atoms with Crippen molar-refractivity contribution >= 4 is 17.7 Å². The standard InChI is InChI=1S/C16H25ClN2O3/c1-5-6-13(20)14-11(9-17)7-8-19(12(14)10-18)15(21)22-16(2,3)4/h5-6,9,12,20H,7-8,10,18H2,1-4H3/b6-5-,11-9+,14-13+. The van der Waals surface area contributed by atoms with Crippen molar-refractivity contribution in [1.82, 2.24) is 4.90 Å². The summed E-state index contributed by atoms with van der Waals surface area (Å²) in [5.41, 5.74) is 8.05. The fourth-order valence-electron chi connectivity index (χ4n) is 2.38. The predicted octanol–water partition coefficient (Wildman–Crippen LogP) is 3.47. The number of hydrogen-bond donors (Lipinski definition) is 2. The van der Waals surface area contributed by atoms with Gasteiger partial charge in [-0.2, -0.15) is 0 Å². The lowest BCUT2D eigenvalue weighted by Gasteiger charge is -2.39. The number of likely N-dealkylation sites (tertiary alicyclic amines) is 1. The van der Waals surface area contributed by atoms with Gasteiger partial charge in [-0.1, -0.05) is 17.7 Å². The minimum Gasteiger partial charge on any atom is -0.508 e. The first kappa shape index (κ1) is 18.6. The van der Waals surface area contributed by atoms with E-state index in [1.165, 1.54) is 5.54 Å². The van der Waals surface area contributed by atoms with E-state index in [2.05, 4.69) is 0 Å². The number of amides is 1. The van der Waals surface area contributed by atoms with Crippen LogP contribution in [0, 0.1) is 0 Å². The largest absolute Gasteiger partial charge is 0.508 e. The van der Waals surface area contributed by atoms with Crippen LogP contribution in [0.15, 0.2) is 34.6 Å². The van der Waals surface area contributed by atoms with Crippen LogP contribution in [0.3, 0.4) is 0 Å². The molecule has 1 fully saturated rings. The van der Waals surface area contributed by atoms with Crippen LogP contribution in [0.4, 0.5) is 4.79 Å². The summed E-state index contributed by atoms with van der Waals surface area (Å²) in [7, 11) is 0. The maximum Gasteiger partial charge on any atom is 0.410 e. The number of nitrogens with zero attached hydrogens (tertiary/aromatic N) is 1. The van der Waals surface area contributed by atoms with Crippen LogP contribution in [0.1, 0.15) is 34.1 Å². The van der Waals surface area contributed by atoms with Crippen molar-refractivity contribution in [3.63, 3.8) is 0 Å². The second-order valence-corrected chi connectivity index (χ2v) is 6.33. The molecule has 0 aromatic carbocycles. The molecule has 1 aliphatic heterocycles. The van der Waals surface area contributed by atoms with Crippen molar-refractivity contribution in [1.29, 1.82) is 0 Å². The molecule has 1 unspecified atom stereocenters. The van der Waals surface area contributed by atoms with E-state index in [9.17, 15) is 9.90 Å². The number of halogens is 1. The third-order valence-electron chi connectivity index (χ3n) is 3.26. The van der Waals surface area contributed by atoms with Crippen molar-refractivity contribution < 1.29 is 14.6 Å². The van der Waals surface area contributed by atoms with Crippen LogP contribution in [-0.4, -0.2) is 40.8 Å². The molecule has 5 nitrogen and oxygen atoms in total. The molecule has 6 heteroatoms. The molecule has 0 saturated carbocycles. The van der Waals surface area contributed by atoms with E-state index in [0.717, 1.165) is 5.57 Å². The molecule has 22 heavy (non-hydrogen) atoms. The van der Waals surface area contributed by atoms with Gasteiger partial charge in [0.2, 0.25) is 0 Å². The number of carbonyl (C=O) groups excluding carboxylic acids is 1. The average molecular weight is 329 g/mol. The molecule has 0 radical (unpaired) electrons. The van der Waals surface area contributed by atoms with E-state index in [1.807, 2.05) is 20.8 Å². The van der Waals surface area contributed by atoms with Gasteiger partial charge in [0.15, 0.2) is 0 Å². The van der Waals surface area contributed by atoms with Crippen molar-refractivity contribution in [2.45, 2.75) is 45.8 Å². The normalized spacial score (nSPS) is 24.0. The Bertz CT molecular complexity index is 504. The molecule has 124 valence electrons. The number of carbonyl (C=O) groups is 1. The lowest BCUT2D eigenvalue weighted by molar-refractivity contribution is 0.0181. The number of allylic oxidation sites excluding steroid dienone is 2. The maximum absolute atomic E-state index is 12.4. The topological polar surface area (TPSA) is 75.8 Å². The third-order valence-corrected chi connectivity index (χ3v) is 3.52. The van der Waals surface area contributed by atoms with Gasteiger partial charge in [0.05, 0.1) is 6.04 Å². The minimum absolute atomic E-state index is 0.0677. The Balaban J connectivity index is 3.19. The number of rotatable bonds is 2. The molecule has 0 spiro atoms. The summed E-state index contributed by atoms with van der Waals surface area (Å²) in [6, 6.07) is -0.468. The van der Waals surface area contributed by atoms with Gasteiger partial charge in [-0.05, 0) is 45.8 Å². The Morgan fingerprint density at radius 1 is 1.55 bits per heavy atom. The van der Waals surface area contributed by atoms with Crippen molar-refractivity contribution in [2.75, 3.05) is 13.1 Å². The fraction of sp³-hybridized carbons (Fsp3) is 0.562. The van der Waals surface area contributed by atoms with Gasteiger partial charge in [-0.3, -0.25) is 4.90 Å². The first-order chi connectivity index (χ1) is 10.2. The molecule has 1 rings (SSSR count). The van der Waals surface area contributed by atoms with Crippen LogP contribution in [0.2, 0.25) is 0 Å². The van der Waals surface area contributed by atoms with Crippen LogP contribution in [0.25, 0.3) is 0 Å². The quantitative estimate of drug-likeness (QED) is 0.761. The lowest BCUT2D eigenvalue weighted by Crippen LogP contribution is -2.51. The van der Waals surface area contributed by atoms with E-state index >= 15 is 0 Å². The molecule has 1 heterocycles. The van der Waals surface area contributed by atoms with Gasteiger partial charge in [-0.25, -0.2) is 4.79 Å². The van der Waals surface area contributed by atoms with Crippen LogP contribution in [0.5, 0.6) is 0 Å². The molecule has 1 amide bonds. The summed E-state index contributed by atoms with van der Waals surface area (Å²) < 4.78 is 5.42. The highest BCUT2D eigenvalue weighted by Gasteiger charge is 2.36. The highest BCUT2D eigenvalue weighted by atomic mass is 35.5. The fourth-order valence-corrected chi connectivity index (χ4v) is 2.61. The highest BCUT2D eigenvalue weighted by Crippen LogP contribution is 2.31. The van der Waals surface area contributed by atoms with Gasteiger partial charge in [0.1, 0.15) is 11.4 Å². The second-order valence-electron chi connectivity index (χ2n) is 6.11. The van der Waals surface area contributed by atoms with Crippen LogP contribution >= 0.6 is 11.6 Å². The molecular weight excluding hydrogens is 304 g/mol. The third kappa shape index (κ3) is 4.52. The predicted molar refractivity (Wildman–Crippen MR) is 88.8 cm³/mol. The highest BCUT2D eigenvalue weighted by molar-refractivity contribution is 6.26. The first-order valence-corrected chi connectivity index (χ1v) is 7.74. The summed E-state index contributed by atoms with van der Waals surface area (Å²) in [6.07, 6.45) is 3.38. The summed E-state index contributed by atoms with van der Waals surface area (Å²) in [6.45, 7) is 7.85. The molecule has 0 aliphatic carbocycles. The molecule has 0 aromatic rings. The zero-order valence-electron chi connectivity index (χ0n) is 13.6. The van der Waals surface area contributed by atoms with Gasteiger partial charge in [-0.15, -0.1) is 0 Å². The van der Waals surface area contributed by atoms with Gasteiger partial charge >= 0.3 is 6.09 Å². The Kier molecular flexibility index (Phi) is 6.50. The van der Waals surface area contributed by atoms with E-state index in [0.29, 0.717) is 18.5 Å². The smallest absolute Gasteiger partial charge is 0.410 e. The van der Waals surface area contributed by atoms with Crippen molar-refractivity contribution in [3.05, 3.63) is 34.6 Å². The minimum atomic E-state index is -0.589. The van der Waals surface area contributed by atoms with E-state index in [1.54, 1.807) is 24.0 Å². The van der Waals surface area contributed by atoms with E-state index < -0.39 is 17.7 Å². The molecule has 1 atom stereocenters. The number of nitrogens with two attached hydrogens (primary N) is 1. The first-order valence-electron chi connectivity index (χ1n) is 7.30. The molecule has 3 N–H and O–H groups in total. The molecule has 0 bridgehead atoms. The zero-order valence-corrected chi connectivity index (χ0v) is 14.4. The van der Waals surface area contributed by atoms with E-state index in [-0.39, 0.29) is 12.3 Å². The summed E-state index contributed by atoms with van der Waals surface area (Å²) in [5, 5.41) is 10.3. The van der Waals surface area contributed by atoms with Crippen LogP contribution in [-0.2, 0) is 4.74 Å². The maximum atomic E-state index is 12.4. The number of aliphatic hydroxyl groups excluding tert-OH is 1. The van der Waals surface area contributed by atoms with Crippen LogP contribution < -0.4 is 5.73 Å². The Hall–Kier alpha value is -1.46. The Morgan fingerprint density at radius 2 is 2.18 bits per heavy atom. The molecule has 1 aliphatic rings. The Morgan fingerprint density at radius 3 is 2.64 bits per heavy atom. The Labute approximate surface area is 137 Å². The molecule has 0 aromatic heterocycles. The van der Waals surface area contributed by atoms with Gasteiger partial charge in [0.25, 0.3) is 0 Å². The number of hydrogen-bond acceptors (Lipinski definition) is 4. The molecule has 1 saturated heterocycles. The SMILES string of the molecule is C\C=C/C(O)=C1/C(=C/Cl)CCN(C(=O)OC(C)(C)C)C1CN. The zero-order chi connectivity index (χ0) is 16.9. The van der Waals surface area contributed by atoms with Gasteiger partial charge in [0, 0.05) is 24.2 Å². The molecular formula is C16H25ClN2O3.